The maximum Gasteiger partial charge on any atom is 0.251 e. The van der Waals surface area contributed by atoms with Crippen LogP contribution in [-0.4, -0.2) is 43.5 Å². The quantitative estimate of drug-likeness (QED) is 0.764. The highest BCUT2D eigenvalue weighted by Gasteiger charge is 2.43. The smallest absolute Gasteiger partial charge is 0.251 e. The molecule has 1 saturated heterocycles. The van der Waals surface area contributed by atoms with E-state index in [1.165, 1.54) is 10.5 Å². The van der Waals surface area contributed by atoms with Gasteiger partial charge in [-0.15, -0.1) is 0 Å². The maximum atomic E-state index is 13.1. The largest absolute Gasteiger partial charge is 0.493 e. The average Bonchev–Trinajstić information content (AvgIpc) is 3.01. The Kier molecular flexibility index (Phi) is 4.81. The summed E-state index contributed by atoms with van der Waals surface area (Å²) in [5, 5.41) is 0. The fourth-order valence-corrected chi connectivity index (χ4v) is 4.04. The Morgan fingerprint density at radius 2 is 1.61 bits per heavy atom. The summed E-state index contributed by atoms with van der Waals surface area (Å²) >= 11 is 0. The van der Waals surface area contributed by atoms with Crippen molar-refractivity contribution >= 4 is 17.5 Å². The lowest BCUT2D eigenvalue weighted by atomic mass is 9.97. The number of nitrogens with zero attached hydrogens (tertiary/aromatic N) is 2. The molecule has 146 valence electrons. The van der Waals surface area contributed by atoms with Crippen molar-refractivity contribution in [3.63, 3.8) is 0 Å². The van der Waals surface area contributed by atoms with Gasteiger partial charge in [0.2, 0.25) is 5.91 Å². The molecule has 2 aromatic rings. The second-order valence-electron chi connectivity index (χ2n) is 7.32. The van der Waals surface area contributed by atoms with Crippen LogP contribution >= 0.6 is 0 Å². The molecule has 1 atom stereocenters. The molecule has 2 aliphatic heterocycles. The van der Waals surface area contributed by atoms with Crippen molar-refractivity contribution in [1.82, 2.24) is 4.90 Å². The third-order valence-electron chi connectivity index (χ3n) is 5.60. The molecular weight excluding hydrogens is 356 g/mol. The number of imide groups is 1. The maximum absolute atomic E-state index is 13.1. The Balaban J connectivity index is 1.57. The van der Waals surface area contributed by atoms with E-state index in [0.29, 0.717) is 23.7 Å². The summed E-state index contributed by atoms with van der Waals surface area (Å²) < 4.78 is 10.8. The number of rotatable bonds is 4. The molecule has 0 radical (unpaired) electrons. The van der Waals surface area contributed by atoms with Crippen molar-refractivity contribution < 1.29 is 19.1 Å². The number of benzene rings is 2. The zero-order chi connectivity index (χ0) is 19.8. The summed E-state index contributed by atoms with van der Waals surface area (Å²) in [5.41, 5.74) is 4.04. The van der Waals surface area contributed by atoms with E-state index in [4.69, 9.17) is 9.47 Å². The Bertz CT molecular complexity index is 923. The van der Waals surface area contributed by atoms with E-state index in [0.717, 1.165) is 24.1 Å². The molecule has 0 saturated carbocycles. The lowest BCUT2D eigenvalue weighted by Gasteiger charge is -2.32. The number of anilines is 1. The summed E-state index contributed by atoms with van der Waals surface area (Å²) in [6, 6.07) is 11.0. The van der Waals surface area contributed by atoms with E-state index in [9.17, 15) is 9.59 Å². The zero-order valence-corrected chi connectivity index (χ0v) is 16.4. The Labute approximate surface area is 164 Å². The molecule has 0 spiro atoms. The molecule has 1 unspecified atom stereocenters. The molecule has 2 amide bonds. The highest BCUT2D eigenvalue weighted by Crippen LogP contribution is 2.35. The van der Waals surface area contributed by atoms with Crippen LogP contribution < -0.4 is 14.4 Å². The second-order valence-corrected chi connectivity index (χ2v) is 7.32. The summed E-state index contributed by atoms with van der Waals surface area (Å²) in [4.78, 5) is 29.1. The normalized spacial score (nSPS) is 19.7. The first-order chi connectivity index (χ1) is 13.5. The minimum absolute atomic E-state index is 0.141. The van der Waals surface area contributed by atoms with Crippen LogP contribution in [0, 0.1) is 6.92 Å². The van der Waals surface area contributed by atoms with E-state index in [-0.39, 0.29) is 18.2 Å². The van der Waals surface area contributed by atoms with Crippen LogP contribution in [0.3, 0.4) is 0 Å². The van der Waals surface area contributed by atoms with Crippen molar-refractivity contribution in [3.8, 4) is 11.5 Å². The number of carbonyl (C=O) groups excluding carboxylic acids is 2. The third kappa shape index (κ3) is 3.14. The van der Waals surface area contributed by atoms with Crippen LogP contribution in [0.5, 0.6) is 11.5 Å². The number of hydrogen-bond acceptors (Lipinski definition) is 5. The van der Waals surface area contributed by atoms with Gasteiger partial charge >= 0.3 is 0 Å². The Hall–Kier alpha value is -2.86. The number of aryl methyl sites for hydroxylation is 1. The minimum atomic E-state index is -0.421. The number of hydrogen-bond donors (Lipinski definition) is 0. The van der Waals surface area contributed by atoms with Crippen molar-refractivity contribution in [1.29, 1.82) is 0 Å². The second kappa shape index (κ2) is 7.28. The molecule has 6 heteroatoms. The number of fused-ring (bicyclic) bond motifs is 1. The summed E-state index contributed by atoms with van der Waals surface area (Å²) in [7, 11) is 3.24. The summed E-state index contributed by atoms with van der Waals surface area (Å²) in [5.74, 6) is 1.11. The van der Waals surface area contributed by atoms with Gasteiger partial charge in [0.15, 0.2) is 11.5 Å². The van der Waals surface area contributed by atoms with Crippen LogP contribution in [0.25, 0.3) is 0 Å². The first-order valence-electron chi connectivity index (χ1n) is 9.43. The van der Waals surface area contributed by atoms with Crippen LogP contribution in [0.1, 0.15) is 23.1 Å². The van der Waals surface area contributed by atoms with Crippen molar-refractivity contribution in [2.24, 2.45) is 0 Å². The molecule has 2 aliphatic rings. The van der Waals surface area contributed by atoms with E-state index in [2.05, 4.69) is 4.90 Å². The standard InChI is InChI=1S/C22H24N2O4/c1-14-4-6-17(7-5-14)24-21(25)12-18(22(24)26)23-9-8-15-10-19(27-2)20(28-3)11-16(15)13-23/h4-7,10-11,18H,8-9,12-13H2,1-3H3. The molecule has 4 rings (SSSR count). The van der Waals surface area contributed by atoms with E-state index < -0.39 is 6.04 Å². The van der Waals surface area contributed by atoms with Crippen molar-refractivity contribution in [2.75, 3.05) is 25.7 Å². The van der Waals surface area contributed by atoms with Crippen LogP contribution in [-0.2, 0) is 22.6 Å². The van der Waals surface area contributed by atoms with Gasteiger partial charge in [0.05, 0.1) is 32.4 Å². The van der Waals surface area contributed by atoms with Gasteiger partial charge in [0.1, 0.15) is 0 Å². The topological polar surface area (TPSA) is 59.1 Å². The molecule has 6 nitrogen and oxygen atoms in total. The van der Waals surface area contributed by atoms with Crippen molar-refractivity contribution in [3.05, 3.63) is 53.1 Å². The molecule has 28 heavy (non-hydrogen) atoms. The van der Waals surface area contributed by atoms with Gasteiger partial charge in [-0.05, 0) is 48.7 Å². The van der Waals surface area contributed by atoms with Gasteiger partial charge in [-0.1, -0.05) is 17.7 Å². The Morgan fingerprint density at radius 1 is 0.964 bits per heavy atom. The van der Waals surface area contributed by atoms with Gasteiger partial charge in [0, 0.05) is 13.1 Å². The van der Waals surface area contributed by atoms with E-state index >= 15 is 0 Å². The molecule has 0 N–H and O–H groups in total. The average molecular weight is 380 g/mol. The SMILES string of the molecule is COc1cc2c(cc1OC)CN(C1CC(=O)N(c3ccc(C)cc3)C1=O)CC2. The number of amides is 2. The summed E-state index contributed by atoms with van der Waals surface area (Å²) in [6.07, 6.45) is 1.02. The Morgan fingerprint density at radius 3 is 2.25 bits per heavy atom. The first-order valence-corrected chi connectivity index (χ1v) is 9.43. The molecule has 1 fully saturated rings. The molecule has 0 aromatic heterocycles. The van der Waals surface area contributed by atoms with Gasteiger partial charge in [-0.3, -0.25) is 14.5 Å². The minimum Gasteiger partial charge on any atom is -0.493 e. The van der Waals surface area contributed by atoms with E-state index in [1.807, 2.05) is 43.3 Å². The number of carbonyl (C=O) groups is 2. The molecule has 2 heterocycles. The number of methoxy groups -OCH3 is 2. The monoisotopic (exact) mass is 380 g/mol. The predicted octanol–water partition coefficient (Wildman–Crippen LogP) is 2.70. The first kappa shape index (κ1) is 18.5. The highest BCUT2D eigenvalue weighted by atomic mass is 16.5. The van der Waals surface area contributed by atoms with Gasteiger partial charge in [-0.25, -0.2) is 4.90 Å². The fraction of sp³-hybridized carbons (Fsp3) is 0.364. The van der Waals surface area contributed by atoms with Crippen LogP contribution in [0.4, 0.5) is 5.69 Å². The molecule has 0 bridgehead atoms. The lowest BCUT2D eigenvalue weighted by Crippen LogP contribution is -2.44. The van der Waals surface area contributed by atoms with Gasteiger partial charge in [-0.2, -0.15) is 0 Å². The highest BCUT2D eigenvalue weighted by molar-refractivity contribution is 6.22. The fourth-order valence-electron chi connectivity index (χ4n) is 4.04. The summed E-state index contributed by atoms with van der Waals surface area (Å²) in [6.45, 7) is 3.32. The zero-order valence-electron chi connectivity index (χ0n) is 16.4. The predicted molar refractivity (Wildman–Crippen MR) is 106 cm³/mol. The van der Waals surface area contributed by atoms with Crippen LogP contribution in [0.2, 0.25) is 0 Å². The lowest BCUT2D eigenvalue weighted by molar-refractivity contribution is -0.123. The molecule has 2 aromatic carbocycles. The third-order valence-corrected chi connectivity index (χ3v) is 5.60. The molecular formula is C22H24N2O4. The molecule has 0 aliphatic carbocycles. The van der Waals surface area contributed by atoms with Crippen LogP contribution in [0.15, 0.2) is 36.4 Å². The van der Waals surface area contributed by atoms with Gasteiger partial charge < -0.3 is 9.47 Å². The van der Waals surface area contributed by atoms with Gasteiger partial charge in [0.25, 0.3) is 5.91 Å². The van der Waals surface area contributed by atoms with Crippen molar-refractivity contribution in [2.45, 2.75) is 32.4 Å². The van der Waals surface area contributed by atoms with E-state index in [1.54, 1.807) is 14.2 Å². The number of ether oxygens (including phenoxy) is 2.